The Morgan fingerprint density at radius 3 is 2.64 bits per heavy atom. The summed E-state index contributed by atoms with van der Waals surface area (Å²) >= 11 is 1.97. The summed E-state index contributed by atoms with van der Waals surface area (Å²) in [5.41, 5.74) is 0. The largest absolute Gasteiger partial charge is 0.300 e. The Labute approximate surface area is 73.9 Å². The first-order valence-corrected chi connectivity index (χ1v) is 5.32. The topological polar surface area (TPSA) is 17.1 Å². The molecule has 0 aromatic carbocycles. The third-order valence-corrected chi connectivity index (χ3v) is 2.73. The molecule has 66 valence electrons. The van der Waals surface area contributed by atoms with Crippen LogP contribution in [0.25, 0.3) is 0 Å². The van der Waals surface area contributed by atoms with E-state index < -0.39 is 0 Å². The molecule has 1 nitrogen and oxygen atoms in total. The van der Waals surface area contributed by atoms with Gasteiger partial charge in [0.25, 0.3) is 0 Å². The zero-order chi connectivity index (χ0) is 8.69. The molecule has 0 radical (unpaired) electrons. The summed E-state index contributed by atoms with van der Waals surface area (Å²) in [5.74, 6) is 1.50. The van der Waals surface area contributed by atoms with Crippen molar-refractivity contribution in [1.82, 2.24) is 0 Å². The summed E-state index contributed by atoms with van der Waals surface area (Å²) in [4.78, 5) is 10.6. The normalized spacial score (nSPS) is 13.0. The van der Waals surface area contributed by atoms with E-state index in [1.165, 1.54) is 12.2 Å². The molecule has 0 aromatic rings. The minimum atomic E-state index is 0.318. The molecule has 0 saturated carbocycles. The Hall–Kier alpha value is 0.0200. The Morgan fingerprint density at radius 1 is 1.55 bits per heavy atom. The number of hydrogen-bond acceptors (Lipinski definition) is 2. The van der Waals surface area contributed by atoms with Crippen LogP contribution in [0.3, 0.4) is 0 Å². The van der Waals surface area contributed by atoms with E-state index in [1.807, 2.05) is 11.8 Å². The summed E-state index contributed by atoms with van der Waals surface area (Å²) in [7, 11) is 0. The highest BCUT2D eigenvalue weighted by Gasteiger charge is 2.01. The minimum Gasteiger partial charge on any atom is -0.300 e. The third kappa shape index (κ3) is 7.92. The molecular weight excluding hydrogens is 156 g/mol. The first-order valence-electron chi connectivity index (χ1n) is 4.27. The lowest BCUT2D eigenvalue weighted by Gasteiger charge is -2.07. The molecule has 11 heavy (non-hydrogen) atoms. The fraction of sp³-hybridized carbons (Fsp3) is 0.889. The van der Waals surface area contributed by atoms with Gasteiger partial charge in [0.05, 0.1) is 0 Å². The number of thioether (sulfide) groups is 1. The predicted octanol–water partition coefficient (Wildman–Crippen LogP) is 2.89. The van der Waals surface area contributed by atoms with E-state index >= 15 is 0 Å². The maximum absolute atomic E-state index is 10.6. The van der Waals surface area contributed by atoms with E-state index in [4.69, 9.17) is 0 Å². The molecule has 0 bridgehead atoms. The van der Waals surface area contributed by atoms with E-state index in [0.29, 0.717) is 5.78 Å². The number of hydrogen-bond donors (Lipinski definition) is 0. The molecule has 1 unspecified atom stereocenters. The van der Waals surface area contributed by atoms with Gasteiger partial charge in [-0.05, 0) is 25.5 Å². The molecule has 1 atom stereocenters. The van der Waals surface area contributed by atoms with Crippen LogP contribution in [0, 0.1) is 0 Å². The van der Waals surface area contributed by atoms with Gasteiger partial charge in [0.15, 0.2) is 0 Å². The molecule has 0 aliphatic carbocycles. The summed E-state index contributed by atoms with van der Waals surface area (Å²) < 4.78 is 0. The van der Waals surface area contributed by atoms with Crippen molar-refractivity contribution in [2.24, 2.45) is 0 Å². The second-order valence-electron chi connectivity index (χ2n) is 2.86. The zero-order valence-electron chi connectivity index (χ0n) is 7.72. The molecule has 0 rings (SSSR count). The minimum absolute atomic E-state index is 0.318. The number of ketones is 1. The lowest BCUT2D eigenvalue weighted by atomic mass is 10.1. The quantitative estimate of drug-likeness (QED) is 0.616. The second-order valence-corrected chi connectivity index (χ2v) is 4.58. The van der Waals surface area contributed by atoms with Crippen molar-refractivity contribution in [3.63, 3.8) is 0 Å². The smallest absolute Gasteiger partial charge is 0.129 e. The highest BCUT2D eigenvalue weighted by molar-refractivity contribution is 7.99. The molecule has 0 aromatic heterocycles. The second kappa shape index (κ2) is 6.71. The van der Waals surface area contributed by atoms with E-state index in [1.54, 1.807) is 6.92 Å². The van der Waals surface area contributed by atoms with Crippen LogP contribution in [0.4, 0.5) is 0 Å². The summed E-state index contributed by atoms with van der Waals surface area (Å²) in [6.07, 6.45) is 3.00. The molecule has 0 aliphatic heterocycles. The molecule has 0 fully saturated rings. The van der Waals surface area contributed by atoms with Crippen LogP contribution in [0.1, 0.15) is 40.0 Å². The van der Waals surface area contributed by atoms with Crippen LogP contribution in [-0.4, -0.2) is 16.8 Å². The SMILES string of the molecule is CCSC(C)CCCC(C)=O. The standard InChI is InChI=1S/C9H18OS/c1-4-11-9(3)7-5-6-8(2)10/h9H,4-7H2,1-3H3. The van der Waals surface area contributed by atoms with Gasteiger partial charge in [-0.15, -0.1) is 0 Å². The maximum Gasteiger partial charge on any atom is 0.129 e. The van der Waals surface area contributed by atoms with E-state index in [9.17, 15) is 4.79 Å². The molecule has 0 aliphatic rings. The van der Waals surface area contributed by atoms with Crippen molar-refractivity contribution >= 4 is 17.5 Å². The van der Waals surface area contributed by atoms with E-state index in [-0.39, 0.29) is 0 Å². The molecular formula is C9H18OS. The van der Waals surface area contributed by atoms with Crippen molar-refractivity contribution in [1.29, 1.82) is 0 Å². The monoisotopic (exact) mass is 174 g/mol. The van der Waals surface area contributed by atoms with Gasteiger partial charge < -0.3 is 4.79 Å². The molecule has 0 heterocycles. The highest BCUT2D eigenvalue weighted by Crippen LogP contribution is 2.15. The van der Waals surface area contributed by atoms with Crippen LogP contribution in [0.5, 0.6) is 0 Å². The van der Waals surface area contributed by atoms with Gasteiger partial charge in [0.1, 0.15) is 5.78 Å². The predicted molar refractivity (Wildman–Crippen MR) is 52.1 cm³/mol. The van der Waals surface area contributed by atoms with Gasteiger partial charge in [-0.3, -0.25) is 0 Å². The van der Waals surface area contributed by atoms with Crippen LogP contribution in [0.15, 0.2) is 0 Å². The third-order valence-electron chi connectivity index (χ3n) is 1.59. The molecule has 0 spiro atoms. The lowest BCUT2D eigenvalue weighted by Crippen LogP contribution is -1.98. The average molecular weight is 174 g/mol. The van der Waals surface area contributed by atoms with E-state index in [2.05, 4.69) is 13.8 Å². The fourth-order valence-corrected chi connectivity index (χ4v) is 1.91. The van der Waals surface area contributed by atoms with Gasteiger partial charge in [-0.25, -0.2) is 0 Å². The fourth-order valence-electron chi connectivity index (χ4n) is 1.01. The summed E-state index contributed by atoms with van der Waals surface area (Å²) in [5, 5.41) is 0.722. The molecule has 0 N–H and O–H groups in total. The van der Waals surface area contributed by atoms with Gasteiger partial charge in [-0.1, -0.05) is 13.8 Å². The molecule has 0 saturated heterocycles. The first-order chi connectivity index (χ1) is 5.16. The van der Waals surface area contributed by atoms with E-state index in [0.717, 1.165) is 18.1 Å². The Balaban J connectivity index is 3.16. The number of carbonyl (C=O) groups is 1. The number of Topliss-reactive ketones (excluding diaryl/α,β-unsaturated/α-hetero) is 1. The van der Waals surface area contributed by atoms with Gasteiger partial charge in [0.2, 0.25) is 0 Å². The van der Waals surface area contributed by atoms with Crippen LogP contribution in [-0.2, 0) is 4.79 Å². The first kappa shape index (κ1) is 11.0. The highest BCUT2D eigenvalue weighted by atomic mass is 32.2. The van der Waals surface area contributed by atoms with Crippen LogP contribution in [0.2, 0.25) is 0 Å². The Morgan fingerprint density at radius 2 is 2.18 bits per heavy atom. The Kier molecular flexibility index (Phi) is 6.73. The van der Waals surface area contributed by atoms with Crippen LogP contribution >= 0.6 is 11.8 Å². The van der Waals surface area contributed by atoms with Crippen molar-refractivity contribution in [3.05, 3.63) is 0 Å². The van der Waals surface area contributed by atoms with Crippen molar-refractivity contribution < 1.29 is 4.79 Å². The van der Waals surface area contributed by atoms with Crippen molar-refractivity contribution in [3.8, 4) is 0 Å². The van der Waals surface area contributed by atoms with Crippen molar-refractivity contribution in [2.75, 3.05) is 5.75 Å². The van der Waals surface area contributed by atoms with Gasteiger partial charge >= 0.3 is 0 Å². The number of rotatable bonds is 6. The number of carbonyl (C=O) groups excluding carboxylic acids is 1. The Bertz CT molecular complexity index is 112. The van der Waals surface area contributed by atoms with Gasteiger partial charge in [-0.2, -0.15) is 11.8 Å². The maximum atomic E-state index is 10.6. The molecule has 2 heteroatoms. The zero-order valence-corrected chi connectivity index (χ0v) is 8.54. The summed E-state index contributed by atoms with van der Waals surface area (Å²) in [6, 6.07) is 0. The van der Waals surface area contributed by atoms with Crippen molar-refractivity contribution in [2.45, 2.75) is 45.3 Å². The molecule has 0 amide bonds. The van der Waals surface area contributed by atoms with Crippen LogP contribution < -0.4 is 0 Å². The summed E-state index contributed by atoms with van der Waals surface area (Å²) in [6.45, 7) is 6.07. The average Bonchev–Trinajstić information content (AvgIpc) is 1.87. The van der Waals surface area contributed by atoms with Gasteiger partial charge in [0, 0.05) is 11.7 Å². The lowest BCUT2D eigenvalue weighted by molar-refractivity contribution is -0.117.